The summed E-state index contributed by atoms with van der Waals surface area (Å²) in [6, 6.07) is 14.4. The zero-order valence-corrected chi connectivity index (χ0v) is 19.0. The minimum Gasteiger partial charge on any atom is -0.494 e. The Hall–Kier alpha value is -4.31. The van der Waals surface area contributed by atoms with Crippen LogP contribution >= 0.6 is 12.2 Å². The van der Waals surface area contributed by atoms with Gasteiger partial charge in [-0.25, -0.2) is 0 Å². The predicted octanol–water partition coefficient (Wildman–Crippen LogP) is 4.39. The monoisotopic (exact) mass is 477 g/mol. The van der Waals surface area contributed by atoms with Crippen LogP contribution in [-0.4, -0.2) is 28.5 Å². The van der Waals surface area contributed by atoms with Crippen molar-refractivity contribution in [2.45, 2.75) is 13.8 Å². The second-order valence-corrected chi connectivity index (χ2v) is 7.73. The van der Waals surface area contributed by atoms with Crippen molar-refractivity contribution in [2.75, 3.05) is 11.5 Å². The highest BCUT2D eigenvalue weighted by Crippen LogP contribution is 2.31. The lowest BCUT2D eigenvalue weighted by Gasteiger charge is -2.29. The molecule has 2 aromatic carbocycles. The highest BCUT2D eigenvalue weighted by Gasteiger charge is 2.35. The molecule has 3 aromatic rings. The van der Waals surface area contributed by atoms with Crippen LogP contribution in [0.1, 0.15) is 18.2 Å². The lowest BCUT2D eigenvalue weighted by atomic mass is 10.1. The average Bonchev–Trinajstić information content (AvgIpc) is 3.25. The van der Waals surface area contributed by atoms with Gasteiger partial charge in [-0.05, 0) is 62.0 Å². The molecule has 0 aliphatic carbocycles. The lowest BCUT2D eigenvalue weighted by molar-refractivity contribution is -0.384. The van der Waals surface area contributed by atoms with Crippen LogP contribution in [0.4, 0.5) is 11.4 Å². The van der Waals surface area contributed by atoms with E-state index in [0.717, 1.165) is 5.56 Å². The number of carbonyl (C=O) groups is 2. The number of furan rings is 1. The molecule has 2 amide bonds. The van der Waals surface area contributed by atoms with Crippen molar-refractivity contribution in [3.63, 3.8) is 0 Å². The van der Waals surface area contributed by atoms with Gasteiger partial charge < -0.3 is 9.15 Å². The highest BCUT2D eigenvalue weighted by molar-refractivity contribution is 7.80. The number of nitro groups is 1. The fraction of sp³-hybridized carbons (Fsp3) is 0.125. The Morgan fingerprint density at radius 3 is 2.71 bits per heavy atom. The van der Waals surface area contributed by atoms with E-state index in [-0.39, 0.29) is 22.1 Å². The molecule has 4 rings (SSSR count). The maximum atomic E-state index is 13.2. The topological polar surface area (TPSA) is 115 Å². The summed E-state index contributed by atoms with van der Waals surface area (Å²) in [5.74, 6) is -0.117. The first-order chi connectivity index (χ1) is 16.3. The molecule has 34 heavy (non-hydrogen) atoms. The van der Waals surface area contributed by atoms with Gasteiger partial charge in [0.15, 0.2) is 5.11 Å². The highest BCUT2D eigenvalue weighted by atomic mass is 32.1. The quantitative estimate of drug-likeness (QED) is 0.184. The van der Waals surface area contributed by atoms with E-state index in [1.165, 1.54) is 23.1 Å². The van der Waals surface area contributed by atoms with Crippen LogP contribution in [0.2, 0.25) is 0 Å². The molecule has 0 unspecified atom stereocenters. The normalized spacial score (nSPS) is 14.9. The number of hydrogen-bond donors (Lipinski definition) is 1. The zero-order valence-electron chi connectivity index (χ0n) is 18.2. The van der Waals surface area contributed by atoms with Gasteiger partial charge in [0, 0.05) is 23.8 Å². The van der Waals surface area contributed by atoms with Gasteiger partial charge in [0.25, 0.3) is 17.5 Å². The number of thiocarbonyl (C=S) groups is 1. The smallest absolute Gasteiger partial charge is 0.270 e. The molecule has 1 aromatic heterocycles. The van der Waals surface area contributed by atoms with E-state index in [1.54, 1.807) is 49.4 Å². The van der Waals surface area contributed by atoms with E-state index in [1.807, 2.05) is 6.92 Å². The van der Waals surface area contributed by atoms with Crippen LogP contribution in [0.25, 0.3) is 17.4 Å². The molecule has 0 radical (unpaired) electrons. The molecule has 2 heterocycles. The van der Waals surface area contributed by atoms with Gasteiger partial charge in [-0.2, -0.15) is 0 Å². The molecule has 1 aliphatic rings. The minimum absolute atomic E-state index is 0.0480. The van der Waals surface area contributed by atoms with E-state index in [9.17, 15) is 19.7 Å². The second-order valence-electron chi connectivity index (χ2n) is 7.35. The minimum atomic E-state index is -0.656. The Bertz CT molecular complexity index is 1360. The average molecular weight is 477 g/mol. The van der Waals surface area contributed by atoms with E-state index < -0.39 is 16.7 Å². The number of aryl methyl sites for hydroxylation is 1. The third-order valence-corrected chi connectivity index (χ3v) is 5.38. The van der Waals surface area contributed by atoms with Crippen molar-refractivity contribution < 1.29 is 23.7 Å². The second kappa shape index (κ2) is 9.28. The van der Waals surface area contributed by atoms with Crippen LogP contribution in [0.3, 0.4) is 0 Å². The fourth-order valence-electron chi connectivity index (χ4n) is 3.48. The van der Waals surface area contributed by atoms with Gasteiger partial charge >= 0.3 is 0 Å². The number of carbonyl (C=O) groups excluding carboxylic acids is 2. The van der Waals surface area contributed by atoms with E-state index in [4.69, 9.17) is 21.4 Å². The number of benzene rings is 2. The largest absolute Gasteiger partial charge is 0.494 e. The number of nitro benzene ring substituents is 1. The summed E-state index contributed by atoms with van der Waals surface area (Å²) in [7, 11) is 0. The number of anilines is 1. The van der Waals surface area contributed by atoms with Crippen LogP contribution in [0.15, 0.2) is 64.6 Å². The van der Waals surface area contributed by atoms with Gasteiger partial charge in [0.2, 0.25) is 0 Å². The number of nitrogens with zero attached hydrogens (tertiary/aromatic N) is 2. The zero-order chi connectivity index (χ0) is 24.4. The molecule has 0 saturated carbocycles. The van der Waals surface area contributed by atoms with E-state index >= 15 is 0 Å². The van der Waals surface area contributed by atoms with Crippen molar-refractivity contribution in [1.29, 1.82) is 0 Å². The number of hydrogen-bond acceptors (Lipinski definition) is 7. The molecule has 1 N–H and O–H groups in total. The van der Waals surface area contributed by atoms with E-state index in [2.05, 4.69) is 5.32 Å². The number of non-ortho nitro benzene ring substituents is 1. The molecule has 0 spiro atoms. The first-order valence-corrected chi connectivity index (χ1v) is 10.7. The molecule has 0 bridgehead atoms. The molecular weight excluding hydrogens is 458 g/mol. The Labute approximate surface area is 199 Å². The van der Waals surface area contributed by atoms with Crippen LogP contribution < -0.4 is 15.0 Å². The molecule has 1 aliphatic heterocycles. The Balaban J connectivity index is 1.68. The molecule has 172 valence electrons. The molecule has 1 saturated heterocycles. The lowest BCUT2D eigenvalue weighted by Crippen LogP contribution is -2.54. The number of nitrogens with one attached hydrogen (secondary N) is 1. The molecular formula is C24H19N3O6S. The molecule has 1 fully saturated rings. The maximum absolute atomic E-state index is 13.2. The fourth-order valence-corrected chi connectivity index (χ4v) is 3.76. The van der Waals surface area contributed by atoms with Crippen molar-refractivity contribution in [1.82, 2.24) is 5.32 Å². The molecule has 9 nitrogen and oxygen atoms in total. The summed E-state index contributed by atoms with van der Waals surface area (Å²) in [6.07, 6.45) is 1.31. The first kappa shape index (κ1) is 22.9. The van der Waals surface area contributed by atoms with Crippen molar-refractivity contribution in [3.05, 3.63) is 81.6 Å². The van der Waals surface area contributed by atoms with Gasteiger partial charge in [0.05, 0.1) is 17.2 Å². The number of amides is 2. The summed E-state index contributed by atoms with van der Waals surface area (Å²) in [4.78, 5) is 37.6. The number of ether oxygens (including phenoxy) is 1. The van der Waals surface area contributed by atoms with Crippen molar-refractivity contribution >= 4 is 46.6 Å². The van der Waals surface area contributed by atoms with Gasteiger partial charge in [-0.15, -0.1) is 0 Å². The first-order valence-electron chi connectivity index (χ1n) is 10.3. The third kappa shape index (κ3) is 4.44. The van der Waals surface area contributed by atoms with Crippen molar-refractivity contribution in [2.24, 2.45) is 0 Å². The summed E-state index contributed by atoms with van der Waals surface area (Å²) >= 11 is 5.23. The Morgan fingerprint density at radius 2 is 1.97 bits per heavy atom. The Kier molecular flexibility index (Phi) is 6.24. The Morgan fingerprint density at radius 1 is 1.18 bits per heavy atom. The number of rotatable bonds is 6. The summed E-state index contributed by atoms with van der Waals surface area (Å²) in [5, 5.41) is 13.6. The predicted molar refractivity (Wildman–Crippen MR) is 129 cm³/mol. The maximum Gasteiger partial charge on any atom is 0.270 e. The van der Waals surface area contributed by atoms with Gasteiger partial charge in [-0.1, -0.05) is 12.1 Å². The SMILES string of the molecule is CCOc1cccc(N2C(=O)/C(=C/c3ccc(-c4cc([N+](=O)[O-])ccc4C)o3)C(=O)NC2=S)c1. The van der Waals surface area contributed by atoms with Crippen LogP contribution in [0, 0.1) is 17.0 Å². The standard InChI is InChI=1S/C24H19N3O6S/c1-3-32-17-6-4-5-15(11-17)26-23(29)20(22(28)25-24(26)34)13-18-9-10-21(33-18)19-12-16(27(30)31)8-7-14(19)2/h4-13H,3H2,1-2H3,(H,25,28,34)/b20-13+. The molecule has 10 heteroatoms. The van der Waals surface area contributed by atoms with Gasteiger partial charge in [-0.3, -0.25) is 29.9 Å². The summed E-state index contributed by atoms with van der Waals surface area (Å²) in [6.45, 7) is 4.10. The van der Waals surface area contributed by atoms with Crippen LogP contribution in [-0.2, 0) is 9.59 Å². The van der Waals surface area contributed by atoms with E-state index in [0.29, 0.717) is 29.4 Å². The summed E-state index contributed by atoms with van der Waals surface area (Å²) in [5.41, 5.74) is 1.51. The van der Waals surface area contributed by atoms with Crippen LogP contribution in [0.5, 0.6) is 5.75 Å². The van der Waals surface area contributed by atoms with Gasteiger partial charge in [0.1, 0.15) is 22.8 Å². The summed E-state index contributed by atoms with van der Waals surface area (Å²) < 4.78 is 11.3. The molecule has 0 atom stereocenters. The third-order valence-electron chi connectivity index (χ3n) is 5.10. The van der Waals surface area contributed by atoms with Crippen molar-refractivity contribution in [3.8, 4) is 17.1 Å².